The van der Waals surface area contributed by atoms with Crippen LogP contribution in [0, 0.1) is 11.8 Å². The highest BCUT2D eigenvalue weighted by Crippen LogP contribution is 2.30. The summed E-state index contributed by atoms with van der Waals surface area (Å²) in [6.07, 6.45) is 5.31. The number of carbonyl (C=O) groups is 1. The number of ether oxygens (including phenoxy) is 1. The largest absolute Gasteiger partial charge is 0.457 e. The number of aliphatic imine (C=N–C) groups is 1. The zero-order chi connectivity index (χ0) is 20.1. The molecule has 4 rings (SSSR count). The van der Waals surface area contributed by atoms with Gasteiger partial charge in [0.25, 0.3) is 5.91 Å². The fraction of sp³-hybridized carbons (Fsp3) is 0.333. The molecule has 5 nitrogen and oxygen atoms in total. The van der Waals surface area contributed by atoms with E-state index in [1.807, 2.05) is 54.6 Å². The number of allylic oxidation sites excluding steroid dienone is 1. The summed E-state index contributed by atoms with van der Waals surface area (Å²) in [4.78, 5) is 17.0. The molecule has 1 atom stereocenters. The summed E-state index contributed by atoms with van der Waals surface area (Å²) < 4.78 is 5.86. The van der Waals surface area contributed by atoms with Crippen LogP contribution in [-0.4, -0.2) is 31.3 Å². The molecule has 0 aromatic heterocycles. The van der Waals surface area contributed by atoms with Crippen molar-refractivity contribution in [1.82, 2.24) is 5.32 Å². The first-order valence-corrected chi connectivity index (χ1v) is 10.3. The molecule has 5 heteroatoms. The Hall–Kier alpha value is -2.92. The summed E-state index contributed by atoms with van der Waals surface area (Å²) in [6, 6.07) is 17.3. The smallest absolute Gasteiger partial charge is 0.250 e. The monoisotopic (exact) mass is 389 g/mol. The maximum Gasteiger partial charge on any atom is 0.250 e. The van der Waals surface area contributed by atoms with Gasteiger partial charge in [0.05, 0.1) is 11.3 Å². The summed E-state index contributed by atoms with van der Waals surface area (Å²) in [5.74, 6) is 2.05. The maximum absolute atomic E-state index is 12.3. The number of nitrogens with one attached hydrogen (secondary N) is 1. The predicted octanol–water partition coefficient (Wildman–Crippen LogP) is 3.70. The Kier molecular flexibility index (Phi) is 6.06. The number of hydrogen-bond donors (Lipinski definition) is 2. The van der Waals surface area contributed by atoms with Gasteiger partial charge in [0, 0.05) is 12.1 Å². The number of nitrogens with two attached hydrogens (primary N) is 1. The second-order valence-electron chi connectivity index (χ2n) is 7.65. The number of hydrogen-bond acceptors (Lipinski definition) is 4. The number of rotatable bonds is 5. The fourth-order valence-corrected chi connectivity index (χ4v) is 4.18. The van der Waals surface area contributed by atoms with E-state index in [1.165, 1.54) is 0 Å². The summed E-state index contributed by atoms with van der Waals surface area (Å²) in [6.45, 7) is 2.79. The Bertz CT molecular complexity index is 897. The van der Waals surface area contributed by atoms with E-state index in [9.17, 15) is 4.79 Å². The molecule has 2 aromatic rings. The SMILES string of the molecule is NC(=O)C1=CC(C2CCNCC2)CCN=C1c1ccc(Oc2ccccc2)cc1. The van der Waals surface area contributed by atoms with Crippen LogP contribution in [0.15, 0.2) is 71.2 Å². The summed E-state index contributed by atoms with van der Waals surface area (Å²) >= 11 is 0. The van der Waals surface area contributed by atoms with Crippen LogP contribution < -0.4 is 15.8 Å². The molecular formula is C24H27N3O2. The van der Waals surface area contributed by atoms with Gasteiger partial charge in [0.2, 0.25) is 0 Å². The van der Waals surface area contributed by atoms with Gasteiger partial charge in [0.1, 0.15) is 11.5 Å². The van der Waals surface area contributed by atoms with Gasteiger partial charge >= 0.3 is 0 Å². The molecule has 0 radical (unpaired) electrons. The van der Waals surface area contributed by atoms with Gasteiger partial charge in [-0.05, 0) is 80.6 Å². The van der Waals surface area contributed by atoms with Crippen LogP contribution in [0.1, 0.15) is 24.8 Å². The Labute approximate surface area is 171 Å². The molecule has 1 amide bonds. The van der Waals surface area contributed by atoms with E-state index in [2.05, 4.69) is 11.4 Å². The molecule has 2 heterocycles. The normalized spacial score (nSPS) is 20.3. The van der Waals surface area contributed by atoms with E-state index < -0.39 is 5.91 Å². The number of piperidine rings is 1. The minimum atomic E-state index is -0.408. The van der Waals surface area contributed by atoms with Crippen molar-refractivity contribution >= 4 is 11.6 Å². The van der Waals surface area contributed by atoms with Crippen molar-refractivity contribution in [2.45, 2.75) is 19.3 Å². The number of primary amides is 1. The summed E-state index contributed by atoms with van der Waals surface area (Å²) in [5, 5.41) is 3.41. The van der Waals surface area contributed by atoms with Crippen molar-refractivity contribution in [3.05, 3.63) is 71.8 Å². The van der Waals surface area contributed by atoms with Gasteiger partial charge in [-0.1, -0.05) is 24.3 Å². The summed E-state index contributed by atoms with van der Waals surface area (Å²) in [7, 11) is 0. The van der Waals surface area contributed by atoms with Crippen molar-refractivity contribution in [3.8, 4) is 11.5 Å². The lowest BCUT2D eigenvalue weighted by molar-refractivity contribution is -0.114. The third kappa shape index (κ3) is 4.74. The molecule has 150 valence electrons. The van der Waals surface area contributed by atoms with Gasteiger partial charge in [-0.2, -0.15) is 0 Å². The van der Waals surface area contributed by atoms with Crippen LogP contribution in [0.4, 0.5) is 0 Å². The number of carbonyl (C=O) groups excluding carboxylic acids is 1. The van der Waals surface area contributed by atoms with Gasteiger partial charge in [-0.3, -0.25) is 9.79 Å². The Morgan fingerprint density at radius 3 is 2.34 bits per heavy atom. The average Bonchev–Trinajstić information content (AvgIpc) is 2.99. The first-order chi connectivity index (χ1) is 14.2. The lowest BCUT2D eigenvalue weighted by atomic mass is 9.81. The minimum Gasteiger partial charge on any atom is -0.457 e. The molecule has 1 saturated heterocycles. The van der Waals surface area contributed by atoms with Crippen LogP contribution in [0.2, 0.25) is 0 Å². The Morgan fingerprint density at radius 1 is 0.966 bits per heavy atom. The van der Waals surface area contributed by atoms with Crippen LogP contribution in [0.5, 0.6) is 11.5 Å². The topological polar surface area (TPSA) is 76.7 Å². The number of para-hydroxylation sites is 1. The molecule has 0 aliphatic carbocycles. The highest BCUT2D eigenvalue weighted by molar-refractivity contribution is 6.27. The van der Waals surface area contributed by atoms with Crippen molar-refractivity contribution in [3.63, 3.8) is 0 Å². The number of amides is 1. The van der Waals surface area contributed by atoms with Crippen LogP contribution in [-0.2, 0) is 4.79 Å². The predicted molar refractivity (Wildman–Crippen MR) is 115 cm³/mol. The quantitative estimate of drug-likeness (QED) is 0.819. The zero-order valence-corrected chi connectivity index (χ0v) is 16.5. The first kappa shape index (κ1) is 19.4. The second kappa shape index (κ2) is 9.05. The second-order valence-corrected chi connectivity index (χ2v) is 7.65. The molecule has 1 fully saturated rings. The van der Waals surface area contributed by atoms with Crippen LogP contribution >= 0.6 is 0 Å². The third-order valence-electron chi connectivity index (χ3n) is 5.73. The van der Waals surface area contributed by atoms with Gasteiger partial charge < -0.3 is 15.8 Å². The Balaban J connectivity index is 1.55. The van der Waals surface area contributed by atoms with E-state index in [-0.39, 0.29) is 0 Å². The molecule has 2 aromatic carbocycles. The van der Waals surface area contributed by atoms with E-state index in [1.54, 1.807) is 0 Å². The van der Waals surface area contributed by atoms with Crippen LogP contribution in [0.25, 0.3) is 0 Å². The van der Waals surface area contributed by atoms with E-state index in [4.69, 9.17) is 15.5 Å². The zero-order valence-electron chi connectivity index (χ0n) is 16.5. The number of nitrogens with zero attached hydrogens (tertiary/aromatic N) is 1. The molecule has 2 aliphatic heterocycles. The van der Waals surface area contributed by atoms with Gasteiger partial charge in [-0.15, -0.1) is 0 Å². The van der Waals surface area contributed by atoms with E-state index in [0.29, 0.717) is 29.7 Å². The lowest BCUT2D eigenvalue weighted by Crippen LogP contribution is -2.31. The van der Waals surface area contributed by atoms with Gasteiger partial charge in [-0.25, -0.2) is 0 Å². The molecule has 29 heavy (non-hydrogen) atoms. The number of benzene rings is 2. The standard InChI is InChI=1S/C24H27N3O2/c25-24(28)22-16-19(17-10-13-26-14-11-17)12-15-27-23(22)18-6-8-21(9-7-18)29-20-4-2-1-3-5-20/h1-9,16-17,19,26H,10-15H2,(H2,25,28). The molecular weight excluding hydrogens is 362 g/mol. The van der Waals surface area contributed by atoms with Crippen molar-refractivity contribution < 1.29 is 9.53 Å². The summed E-state index contributed by atoms with van der Waals surface area (Å²) in [5.41, 5.74) is 7.89. The van der Waals surface area contributed by atoms with E-state index in [0.717, 1.165) is 49.4 Å². The molecule has 1 unspecified atom stereocenters. The average molecular weight is 389 g/mol. The van der Waals surface area contributed by atoms with Crippen molar-refractivity contribution in [2.24, 2.45) is 22.6 Å². The molecule has 2 aliphatic rings. The van der Waals surface area contributed by atoms with E-state index >= 15 is 0 Å². The van der Waals surface area contributed by atoms with Crippen molar-refractivity contribution in [2.75, 3.05) is 19.6 Å². The van der Waals surface area contributed by atoms with Crippen molar-refractivity contribution in [1.29, 1.82) is 0 Å². The molecule has 0 saturated carbocycles. The lowest BCUT2D eigenvalue weighted by Gasteiger charge is -2.28. The maximum atomic E-state index is 12.3. The molecule has 0 spiro atoms. The minimum absolute atomic E-state index is 0.349. The molecule has 3 N–H and O–H groups in total. The van der Waals surface area contributed by atoms with Crippen LogP contribution in [0.3, 0.4) is 0 Å². The third-order valence-corrected chi connectivity index (χ3v) is 5.73. The Morgan fingerprint density at radius 2 is 1.66 bits per heavy atom. The van der Waals surface area contributed by atoms with Gasteiger partial charge in [0.15, 0.2) is 0 Å². The highest BCUT2D eigenvalue weighted by Gasteiger charge is 2.27. The molecule has 0 bridgehead atoms. The first-order valence-electron chi connectivity index (χ1n) is 10.3. The highest BCUT2D eigenvalue weighted by atomic mass is 16.5. The fourth-order valence-electron chi connectivity index (χ4n) is 4.18.